The van der Waals surface area contributed by atoms with Gasteiger partial charge in [-0.05, 0) is 58.6 Å². The van der Waals surface area contributed by atoms with Crippen molar-refractivity contribution in [2.24, 2.45) is 5.92 Å². The van der Waals surface area contributed by atoms with Gasteiger partial charge in [0.05, 0.1) is 11.6 Å². The van der Waals surface area contributed by atoms with Crippen LogP contribution in [0.25, 0.3) is 0 Å². The van der Waals surface area contributed by atoms with Crippen LogP contribution in [-0.4, -0.2) is 13.7 Å². The highest BCUT2D eigenvalue weighted by Crippen LogP contribution is 2.37. The predicted octanol–water partition coefficient (Wildman–Crippen LogP) is 5.09. The second kappa shape index (κ2) is 9.09. The van der Waals surface area contributed by atoms with Crippen LogP contribution in [-0.2, 0) is 13.2 Å². The highest BCUT2D eigenvalue weighted by molar-refractivity contribution is 9.10. The minimum absolute atomic E-state index is 0.515. The second-order valence-corrected chi connectivity index (χ2v) is 7.27. The minimum Gasteiger partial charge on any atom is -0.493 e. The summed E-state index contributed by atoms with van der Waals surface area (Å²) in [7, 11) is 1.67. The summed E-state index contributed by atoms with van der Waals surface area (Å²) in [5, 5.41) is 3.45. The molecule has 0 heterocycles. The van der Waals surface area contributed by atoms with Gasteiger partial charge in [-0.15, -0.1) is 0 Å². The predicted molar refractivity (Wildman–Crippen MR) is 103 cm³/mol. The monoisotopic (exact) mass is 391 g/mol. The first-order valence-corrected chi connectivity index (χ1v) is 9.04. The molecule has 24 heavy (non-hydrogen) atoms. The van der Waals surface area contributed by atoms with Crippen LogP contribution in [0.2, 0.25) is 0 Å². The van der Waals surface area contributed by atoms with Crippen LogP contribution in [0, 0.1) is 12.8 Å². The Balaban J connectivity index is 2.09. The fourth-order valence-electron chi connectivity index (χ4n) is 2.48. The number of hydrogen-bond donors (Lipinski definition) is 1. The number of nitrogens with one attached hydrogen (secondary N) is 1. The number of rotatable bonds is 8. The summed E-state index contributed by atoms with van der Waals surface area (Å²) in [6.45, 7) is 8.80. The molecule has 0 aliphatic carbocycles. The summed E-state index contributed by atoms with van der Waals surface area (Å²) < 4.78 is 12.4. The van der Waals surface area contributed by atoms with Gasteiger partial charge in [0.2, 0.25) is 0 Å². The van der Waals surface area contributed by atoms with E-state index in [2.05, 4.69) is 66.3 Å². The van der Waals surface area contributed by atoms with Crippen LogP contribution in [0.3, 0.4) is 0 Å². The normalized spacial score (nSPS) is 10.9. The summed E-state index contributed by atoms with van der Waals surface area (Å²) in [6, 6.07) is 12.4. The van der Waals surface area contributed by atoms with Crippen molar-refractivity contribution in [1.29, 1.82) is 0 Å². The van der Waals surface area contributed by atoms with Gasteiger partial charge in [0.25, 0.3) is 0 Å². The Morgan fingerprint density at radius 1 is 1.12 bits per heavy atom. The quantitative estimate of drug-likeness (QED) is 0.679. The maximum atomic E-state index is 6.01. The van der Waals surface area contributed by atoms with E-state index < -0.39 is 0 Å². The van der Waals surface area contributed by atoms with Gasteiger partial charge in [0.15, 0.2) is 11.5 Å². The van der Waals surface area contributed by atoms with Crippen LogP contribution in [0.5, 0.6) is 11.5 Å². The molecule has 130 valence electrons. The van der Waals surface area contributed by atoms with Crippen molar-refractivity contribution in [3.8, 4) is 11.5 Å². The summed E-state index contributed by atoms with van der Waals surface area (Å²) in [6.07, 6.45) is 0. The topological polar surface area (TPSA) is 30.5 Å². The van der Waals surface area contributed by atoms with Crippen molar-refractivity contribution in [3.63, 3.8) is 0 Å². The molecule has 0 aliphatic heterocycles. The molecule has 2 aromatic carbocycles. The van der Waals surface area contributed by atoms with Crippen molar-refractivity contribution in [3.05, 3.63) is 57.6 Å². The lowest BCUT2D eigenvalue weighted by atomic mass is 10.1. The molecule has 2 aromatic rings. The molecule has 0 saturated carbocycles. The van der Waals surface area contributed by atoms with E-state index in [0.29, 0.717) is 12.5 Å². The molecule has 0 atom stereocenters. The maximum Gasteiger partial charge on any atom is 0.175 e. The standard InChI is InChI=1S/C20H26BrNO2/c1-14(2)11-22-12-17-9-18(21)20(19(10-17)23-4)24-13-16-7-5-6-15(3)8-16/h5-10,14,22H,11-13H2,1-4H3. The van der Waals surface area contributed by atoms with Gasteiger partial charge >= 0.3 is 0 Å². The maximum absolute atomic E-state index is 6.01. The molecule has 2 rings (SSSR count). The molecule has 0 saturated heterocycles. The first-order valence-electron chi connectivity index (χ1n) is 8.25. The molecule has 0 aromatic heterocycles. The number of aryl methyl sites for hydroxylation is 1. The minimum atomic E-state index is 0.515. The number of ether oxygens (including phenoxy) is 2. The van der Waals surface area contributed by atoms with E-state index in [1.54, 1.807) is 7.11 Å². The number of hydrogen-bond acceptors (Lipinski definition) is 3. The summed E-state index contributed by atoms with van der Waals surface area (Å²) in [4.78, 5) is 0. The lowest BCUT2D eigenvalue weighted by Crippen LogP contribution is -2.19. The average molecular weight is 392 g/mol. The molecule has 0 unspecified atom stereocenters. The highest BCUT2D eigenvalue weighted by atomic mass is 79.9. The summed E-state index contributed by atoms with van der Waals surface area (Å²) in [5.74, 6) is 2.12. The Morgan fingerprint density at radius 3 is 2.58 bits per heavy atom. The molecule has 0 radical (unpaired) electrons. The smallest absolute Gasteiger partial charge is 0.175 e. The fourth-order valence-corrected chi connectivity index (χ4v) is 3.08. The average Bonchev–Trinajstić information content (AvgIpc) is 2.53. The summed E-state index contributed by atoms with van der Waals surface area (Å²) in [5.41, 5.74) is 3.54. The van der Waals surface area contributed by atoms with Gasteiger partial charge in [0, 0.05) is 6.54 Å². The lowest BCUT2D eigenvalue weighted by Gasteiger charge is -2.15. The SMILES string of the molecule is COc1cc(CNCC(C)C)cc(Br)c1OCc1cccc(C)c1. The molecule has 3 nitrogen and oxygen atoms in total. The van der Waals surface area contributed by atoms with Gasteiger partial charge in [-0.1, -0.05) is 43.7 Å². The molecule has 4 heteroatoms. The van der Waals surface area contributed by atoms with Crippen molar-refractivity contribution >= 4 is 15.9 Å². The third kappa shape index (κ3) is 5.53. The molecule has 0 spiro atoms. The zero-order valence-corrected chi connectivity index (χ0v) is 16.4. The number of benzene rings is 2. The van der Waals surface area contributed by atoms with Crippen LogP contribution in [0.4, 0.5) is 0 Å². The zero-order chi connectivity index (χ0) is 17.5. The van der Waals surface area contributed by atoms with Crippen LogP contribution >= 0.6 is 15.9 Å². The zero-order valence-electron chi connectivity index (χ0n) is 14.9. The van der Waals surface area contributed by atoms with E-state index in [1.165, 1.54) is 11.1 Å². The first kappa shape index (κ1) is 18.8. The first-order chi connectivity index (χ1) is 11.5. The van der Waals surface area contributed by atoms with Crippen LogP contribution in [0.1, 0.15) is 30.5 Å². The molecular formula is C20H26BrNO2. The largest absolute Gasteiger partial charge is 0.493 e. The van der Waals surface area contributed by atoms with Gasteiger partial charge in [0.1, 0.15) is 6.61 Å². The molecular weight excluding hydrogens is 366 g/mol. The Morgan fingerprint density at radius 2 is 1.92 bits per heavy atom. The number of halogens is 1. The van der Waals surface area contributed by atoms with Crippen LogP contribution < -0.4 is 14.8 Å². The van der Waals surface area contributed by atoms with Gasteiger partial charge in [-0.3, -0.25) is 0 Å². The third-order valence-corrected chi connectivity index (χ3v) is 4.23. The van der Waals surface area contributed by atoms with Crippen molar-refractivity contribution in [2.45, 2.75) is 33.9 Å². The lowest BCUT2D eigenvalue weighted by molar-refractivity contribution is 0.282. The van der Waals surface area contributed by atoms with E-state index >= 15 is 0 Å². The van der Waals surface area contributed by atoms with E-state index in [0.717, 1.165) is 34.6 Å². The van der Waals surface area contributed by atoms with Gasteiger partial charge < -0.3 is 14.8 Å². The Hall–Kier alpha value is -1.52. The van der Waals surface area contributed by atoms with E-state index in [1.807, 2.05) is 12.1 Å². The molecule has 0 fully saturated rings. The molecule has 1 N–H and O–H groups in total. The number of methoxy groups -OCH3 is 1. The second-order valence-electron chi connectivity index (χ2n) is 6.41. The van der Waals surface area contributed by atoms with E-state index in [4.69, 9.17) is 9.47 Å². The van der Waals surface area contributed by atoms with E-state index in [9.17, 15) is 0 Å². The Bertz CT molecular complexity index is 671. The van der Waals surface area contributed by atoms with Crippen molar-refractivity contribution in [1.82, 2.24) is 5.32 Å². The summed E-state index contributed by atoms with van der Waals surface area (Å²) >= 11 is 3.61. The molecule has 0 aliphatic rings. The molecule has 0 bridgehead atoms. The van der Waals surface area contributed by atoms with Crippen molar-refractivity contribution < 1.29 is 9.47 Å². The van der Waals surface area contributed by atoms with Gasteiger partial charge in [-0.25, -0.2) is 0 Å². The van der Waals surface area contributed by atoms with E-state index in [-0.39, 0.29) is 0 Å². The Kier molecular flexibility index (Phi) is 7.13. The third-order valence-electron chi connectivity index (χ3n) is 3.64. The fraction of sp³-hybridized carbons (Fsp3) is 0.400. The van der Waals surface area contributed by atoms with Crippen LogP contribution in [0.15, 0.2) is 40.9 Å². The van der Waals surface area contributed by atoms with Gasteiger partial charge in [-0.2, -0.15) is 0 Å². The Labute approximate surface area is 153 Å². The molecule has 0 amide bonds. The van der Waals surface area contributed by atoms with Crippen molar-refractivity contribution in [2.75, 3.05) is 13.7 Å². The highest BCUT2D eigenvalue weighted by Gasteiger charge is 2.12.